The predicted octanol–water partition coefficient (Wildman–Crippen LogP) is 6.14. The Bertz CT molecular complexity index is 1070. The number of carbonyl (C=O) groups excluding carboxylic acids is 1. The number of quaternary nitrogens is 1. The number of halogens is 2. The first-order valence-electron chi connectivity index (χ1n) is 9.66. The lowest BCUT2D eigenvalue weighted by Crippen LogP contribution is -3.10. The maximum Gasteiger partial charge on any atom is 0.350 e. The van der Waals surface area contributed by atoms with Gasteiger partial charge in [-0.05, 0) is 36.4 Å². The average molecular weight is 433 g/mol. The largest absolute Gasteiger partial charge is 0.350 e. The van der Waals surface area contributed by atoms with Gasteiger partial charge in [-0.3, -0.25) is 0 Å². The van der Waals surface area contributed by atoms with E-state index in [2.05, 4.69) is 24.3 Å². The maximum atomic E-state index is 13.8. The van der Waals surface area contributed by atoms with Crippen LogP contribution in [0, 0.1) is 0 Å². The first-order valence-corrected chi connectivity index (χ1v) is 10.4. The summed E-state index contributed by atoms with van der Waals surface area (Å²) in [4.78, 5) is 14.5. The molecule has 0 heterocycles. The first-order chi connectivity index (χ1) is 14.6. The summed E-state index contributed by atoms with van der Waals surface area (Å²) in [6.07, 6.45) is 0. The number of rotatable bonds is 5. The van der Waals surface area contributed by atoms with E-state index in [0.29, 0.717) is 20.5 Å². The van der Waals surface area contributed by atoms with Gasteiger partial charge < -0.3 is 0 Å². The Morgan fingerprint density at radius 1 is 0.600 bits per heavy atom. The monoisotopic (exact) mass is 432 g/mol. The molecular formula is C26H20Cl2NO+. The van der Waals surface area contributed by atoms with Crippen LogP contribution in [0.1, 0.15) is 27.5 Å². The number of benzene rings is 4. The molecule has 0 saturated carbocycles. The van der Waals surface area contributed by atoms with Crippen LogP contribution in [-0.4, -0.2) is 5.91 Å². The molecule has 0 aliphatic carbocycles. The van der Waals surface area contributed by atoms with Crippen molar-refractivity contribution >= 4 is 34.8 Å². The lowest BCUT2D eigenvalue weighted by atomic mass is 9.95. The van der Waals surface area contributed by atoms with Crippen molar-refractivity contribution in [1.82, 2.24) is 0 Å². The molecule has 30 heavy (non-hydrogen) atoms. The molecular weight excluding hydrogens is 413 g/mol. The fraction of sp³-hybridized carbons (Fsp3) is 0.0385. The van der Waals surface area contributed by atoms with Crippen molar-refractivity contribution in [1.29, 1.82) is 0 Å². The Morgan fingerprint density at radius 3 is 1.50 bits per heavy atom. The molecule has 4 rings (SSSR count). The zero-order valence-electron chi connectivity index (χ0n) is 16.1. The van der Waals surface area contributed by atoms with Crippen molar-refractivity contribution in [2.75, 3.05) is 0 Å². The Balaban J connectivity index is 1.90. The molecule has 0 aromatic heterocycles. The lowest BCUT2D eigenvalue weighted by molar-refractivity contribution is -0.772. The van der Waals surface area contributed by atoms with Gasteiger partial charge >= 0.3 is 5.91 Å². The van der Waals surface area contributed by atoms with E-state index in [4.69, 9.17) is 23.2 Å². The van der Waals surface area contributed by atoms with Gasteiger partial charge in [-0.15, -0.1) is 0 Å². The molecule has 4 heteroatoms. The zero-order chi connectivity index (χ0) is 20.9. The third-order valence-electron chi connectivity index (χ3n) is 5.06. The summed E-state index contributed by atoms with van der Waals surface area (Å²) in [5.74, 6) is -0.0355. The van der Waals surface area contributed by atoms with Crippen LogP contribution in [0.4, 0.5) is 5.69 Å². The fourth-order valence-electron chi connectivity index (χ4n) is 3.63. The van der Waals surface area contributed by atoms with E-state index in [0.717, 1.165) is 16.8 Å². The molecule has 0 aliphatic heterocycles. The molecule has 1 unspecified atom stereocenters. The van der Waals surface area contributed by atoms with Crippen molar-refractivity contribution in [3.8, 4) is 0 Å². The van der Waals surface area contributed by atoms with E-state index in [-0.39, 0.29) is 11.9 Å². The molecule has 0 fully saturated rings. The molecule has 1 amide bonds. The molecule has 0 spiro atoms. The molecule has 148 valence electrons. The zero-order valence-corrected chi connectivity index (χ0v) is 17.6. The molecule has 0 radical (unpaired) electrons. The highest BCUT2D eigenvalue weighted by atomic mass is 35.5. The standard InChI is InChI=1S/C26H19Cl2NO/c27-22-13-11-21(12-14-22)26(30)29(24-17-15-23(28)16-18-24)25(19-7-3-1-4-8-19)20-9-5-2-6-10-20/h1-18,25H/p+1. The summed E-state index contributed by atoms with van der Waals surface area (Å²) < 4.78 is 0. The topological polar surface area (TPSA) is 21.5 Å². The van der Waals surface area contributed by atoms with Crippen molar-refractivity contribution in [2.24, 2.45) is 0 Å². The van der Waals surface area contributed by atoms with Gasteiger partial charge in [0.2, 0.25) is 0 Å². The van der Waals surface area contributed by atoms with Crippen LogP contribution in [0.25, 0.3) is 0 Å². The SMILES string of the molecule is O=C(c1ccc(Cl)cc1)[NH+](c1ccc(Cl)cc1)C(c1ccccc1)c1ccccc1. The van der Waals surface area contributed by atoms with Gasteiger partial charge in [-0.2, -0.15) is 0 Å². The molecule has 0 bridgehead atoms. The maximum absolute atomic E-state index is 13.8. The highest BCUT2D eigenvalue weighted by Gasteiger charge is 2.35. The Kier molecular flexibility index (Phi) is 6.29. The molecule has 2 nitrogen and oxygen atoms in total. The van der Waals surface area contributed by atoms with Crippen LogP contribution in [0.2, 0.25) is 10.0 Å². The summed E-state index contributed by atoms with van der Waals surface area (Å²) in [5.41, 5.74) is 3.55. The summed E-state index contributed by atoms with van der Waals surface area (Å²) in [5, 5.41) is 1.23. The van der Waals surface area contributed by atoms with Crippen LogP contribution in [0.3, 0.4) is 0 Å². The predicted molar refractivity (Wildman–Crippen MR) is 123 cm³/mol. The van der Waals surface area contributed by atoms with Crippen LogP contribution in [0.5, 0.6) is 0 Å². The number of amides is 1. The number of carbonyl (C=O) groups is 1. The fourth-order valence-corrected chi connectivity index (χ4v) is 3.88. The normalized spacial score (nSPS) is 12.0. The van der Waals surface area contributed by atoms with Crippen molar-refractivity contribution < 1.29 is 9.69 Å². The highest BCUT2D eigenvalue weighted by Crippen LogP contribution is 2.23. The highest BCUT2D eigenvalue weighted by molar-refractivity contribution is 6.30. The number of hydrogen-bond donors (Lipinski definition) is 1. The van der Waals surface area contributed by atoms with E-state index < -0.39 is 0 Å². The van der Waals surface area contributed by atoms with Crippen molar-refractivity contribution in [2.45, 2.75) is 6.04 Å². The second kappa shape index (κ2) is 9.27. The van der Waals surface area contributed by atoms with Crippen molar-refractivity contribution in [3.63, 3.8) is 0 Å². The van der Waals surface area contributed by atoms with E-state index in [1.807, 2.05) is 60.7 Å². The van der Waals surface area contributed by atoms with Crippen LogP contribution < -0.4 is 4.90 Å². The smallest absolute Gasteiger partial charge is 0.225 e. The summed E-state index contributed by atoms with van der Waals surface area (Å²) in [6.45, 7) is 0. The number of nitrogens with one attached hydrogen (secondary N) is 1. The Morgan fingerprint density at radius 2 is 1.03 bits per heavy atom. The third-order valence-corrected chi connectivity index (χ3v) is 5.56. The Labute approximate surface area is 186 Å². The van der Waals surface area contributed by atoms with Crippen molar-refractivity contribution in [3.05, 3.63) is 136 Å². The summed E-state index contributed by atoms with van der Waals surface area (Å²) in [6, 6.07) is 34.4. The molecule has 4 aromatic rings. The number of hydrogen-bond acceptors (Lipinski definition) is 1. The van der Waals surface area contributed by atoms with Gasteiger partial charge in [0.05, 0.1) is 5.56 Å². The second-order valence-corrected chi connectivity index (χ2v) is 7.88. The average Bonchev–Trinajstić information content (AvgIpc) is 2.79. The van der Waals surface area contributed by atoms with Gasteiger partial charge in [0, 0.05) is 33.3 Å². The summed E-state index contributed by atoms with van der Waals surface area (Å²) in [7, 11) is 0. The summed E-state index contributed by atoms with van der Waals surface area (Å²) >= 11 is 12.2. The second-order valence-electron chi connectivity index (χ2n) is 7.01. The molecule has 1 atom stereocenters. The van der Waals surface area contributed by atoms with Crippen LogP contribution in [0.15, 0.2) is 109 Å². The van der Waals surface area contributed by atoms with Gasteiger partial charge in [-0.1, -0.05) is 83.9 Å². The molecule has 1 N–H and O–H groups in total. The van der Waals surface area contributed by atoms with E-state index in [1.54, 1.807) is 24.3 Å². The minimum absolute atomic E-state index is 0.0355. The third kappa shape index (κ3) is 4.47. The van der Waals surface area contributed by atoms with Gasteiger partial charge in [0.15, 0.2) is 6.04 Å². The van der Waals surface area contributed by atoms with E-state index in [9.17, 15) is 4.79 Å². The quantitative estimate of drug-likeness (QED) is 0.401. The van der Waals surface area contributed by atoms with Gasteiger partial charge in [0.1, 0.15) is 5.69 Å². The van der Waals surface area contributed by atoms with Crippen LogP contribution in [-0.2, 0) is 0 Å². The minimum Gasteiger partial charge on any atom is -0.225 e. The Hall–Kier alpha value is -2.91. The molecule has 4 aromatic carbocycles. The van der Waals surface area contributed by atoms with Crippen LogP contribution >= 0.6 is 23.2 Å². The lowest BCUT2D eigenvalue weighted by Gasteiger charge is -2.27. The minimum atomic E-state index is -0.225. The van der Waals surface area contributed by atoms with E-state index in [1.165, 1.54) is 0 Å². The molecule has 0 saturated heterocycles. The van der Waals surface area contributed by atoms with Gasteiger partial charge in [-0.25, -0.2) is 9.69 Å². The van der Waals surface area contributed by atoms with Gasteiger partial charge in [0.25, 0.3) is 0 Å². The first kappa shape index (κ1) is 20.4. The molecule has 0 aliphatic rings. The van der Waals surface area contributed by atoms with E-state index >= 15 is 0 Å².